The number of methoxy groups -OCH3 is 1. The van der Waals surface area contributed by atoms with Gasteiger partial charge in [0.15, 0.2) is 5.82 Å². The van der Waals surface area contributed by atoms with Crippen molar-refractivity contribution in [3.05, 3.63) is 34.7 Å². The number of nitrogens with two attached hydrogens (primary N) is 1. The van der Waals surface area contributed by atoms with E-state index in [1.165, 1.54) is 30.2 Å². The number of aliphatic hydroxyl groups is 1. The molecule has 198 valence electrons. The fraction of sp³-hybridized carbons (Fsp3) is 0.381. The molecule has 4 N–H and O–H groups in total. The van der Waals surface area contributed by atoms with Gasteiger partial charge in [0, 0.05) is 22.8 Å². The van der Waals surface area contributed by atoms with Crippen molar-refractivity contribution >= 4 is 39.1 Å². The maximum Gasteiger partial charge on any atom is 0.426 e. The van der Waals surface area contributed by atoms with Crippen molar-refractivity contribution in [3.63, 3.8) is 0 Å². The monoisotopic (exact) mass is 589 g/mol. The number of hydrogen-bond acceptors (Lipinski definition) is 8. The van der Waals surface area contributed by atoms with E-state index in [0.29, 0.717) is 33.1 Å². The first-order valence-electron chi connectivity index (χ1n) is 10.6. The minimum atomic E-state index is -5.26. The second-order valence-corrected chi connectivity index (χ2v) is 9.29. The summed E-state index contributed by atoms with van der Waals surface area (Å²) in [4.78, 5) is 33.9. The normalized spacial score (nSPS) is 19.6. The lowest BCUT2D eigenvalue weighted by Crippen LogP contribution is -2.56. The number of hydrogen-bond donors (Lipinski definition) is 3. The van der Waals surface area contributed by atoms with Crippen LogP contribution in [0.3, 0.4) is 0 Å². The quantitative estimate of drug-likeness (QED) is 0.381. The highest BCUT2D eigenvalue weighted by Gasteiger charge is 2.58. The summed E-state index contributed by atoms with van der Waals surface area (Å²) in [6, 6.07) is 1.74. The average molecular weight is 590 g/mol. The highest BCUT2D eigenvalue weighted by molar-refractivity contribution is 9.10. The van der Waals surface area contributed by atoms with Crippen LogP contribution in [-0.4, -0.2) is 85.6 Å². The number of halogens is 5. The molecule has 4 rings (SSSR count). The van der Waals surface area contributed by atoms with Crippen molar-refractivity contribution < 1.29 is 37.0 Å². The van der Waals surface area contributed by atoms with Crippen molar-refractivity contribution in [3.8, 4) is 17.1 Å². The van der Waals surface area contributed by atoms with Crippen LogP contribution in [0.25, 0.3) is 16.8 Å². The largest absolute Gasteiger partial charge is 0.480 e. The molecule has 37 heavy (non-hydrogen) atoms. The highest BCUT2D eigenvalue weighted by atomic mass is 79.9. The van der Waals surface area contributed by atoms with E-state index < -0.39 is 48.9 Å². The molecule has 4 heterocycles. The summed E-state index contributed by atoms with van der Waals surface area (Å²) in [5.41, 5.74) is 3.48. The van der Waals surface area contributed by atoms with E-state index in [9.17, 15) is 32.3 Å². The summed E-state index contributed by atoms with van der Waals surface area (Å²) >= 11 is 3.38. The second-order valence-electron chi connectivity index (χ2n) is 8.44. The van der Waals surface area contributed by atoms with E-state index in [1.807, 2.05) is 0 Å². The summed E-state index contributed by atoms with van der Waals surface area (Å²) in [7, 11) is 1.27. The molecular weight excluding hydrogens is 570 g/mol. The molecule has 2 amide bonds. The first-order valence-corrected chi connectivity index (χ1v) is 11.4. The lowest BCUT2D eigenvalue weighted by atomic mass is 10.1. The van der Waals surface area contributed by atoms with Crippen LogP contribution in [0, 0.1) is 0 Å². The number of fused-ring (bicyclic) bond motifs is 1. The third kappa shape index (κ3) is 4.66. The van der Waals surface area contributed by atoms with Gasteiger partial charge in [0.1, 0.15) is 23.6 Å². The summed E-state index contributed by atoms with van der Waals surface area (Å²) < 4.78 is 61.0. The van der Waals surface area contributed by atoms with Gasteiger partial charge in [-0.05, 0) is 35.0 Å². The molecule has 1 saturated heterocycles. The smallest absolute Gasteiger partial charge is 0.426 e. The lowest BCUT2D eigenvalue weighted by molar-refractivity contribution is -0.249. The number of ether oxygens (including phenoxy) is 1. The fourth-order valence-corrected chi connectivity index (χ4v) is 4.48. The number of alkyl halides is 4. The minimum Gasteiger partial charge on any atom is -0.480 e. The molecule has 1 unspecified atom stereocenters. The van der Waals surface area contributed by atoms with Crippen LogP contribution >= 0.6 is 15.9 Å². The number of aromatic nitrogens is 4. The summed E-state index contributed by atoms with van der Waals surface area (Å²) in [5, 5.41) is 16.2. The molecule has 3 aromatic heterocycles. The second kappa shape index (κ2) is 9.41. The molecule has 0 saturated carbocycles. The van der Waals surface area contributed by atoms with Crippen molar-refractivity contribution in [2.75, 3.05) is 25.9 Å². The Kier molecular flexibility index (Phi) is 6.74. The zero-order valence-electron chi connectivity index (χ0n) is 19.3. The summed E-state index contributed by atoms with van der Waals surface area (Å²) in [5.74, 6) is -2.46. The van der Waals surface area contributed by atoms with Gasteiger partial charge >= 0.3 is 6.18 Å². The molecule has 3 atom stereocenters. The molecule has 0 radical (unpaired) electrons. The predicted molar refractivity (Wildman–Crippen MR) is 124 cm³/mol. The topological polar surface area (TPSA) is 148 Å². The van der Waals surface area contributed by atoms with Crippen LogP contribution in [-0.2, 0) is 4.79 Å². The molecular formula is C21H20BrF4N7O4. The van der Waals surface area contributed by atoms with Gasteiger partial charge in [-0.2, -0.15) is 18.3 Å². The van der Waals surface area contributed by atoms with Gasteiger partial charge in [-0.25, -0.2) is 18.9 Å². The number of nitrogen functional groups attached to an aromatic ring is 1. The standard InChI is InChI=1S/C21H20BrF4N7O4/c1-20(36,21(24,25)26)19(35)32-6-12(23)13(7-32)31-17(34)10-3-9(5-28-18(10)37-2)14-4-11(22)15-16(27)29-8-30-33(14)15/h3-5,8,12-13,36H,6-7H2,1-2H3,(H,31,34)(H2,27,29,30)/t12-,13+,20?/m0/s1. The lowest BCUT2D eigenvalue weighted by Gasteiger charge is -2.29. The molecule has 1 aliphatic heterocycles. The fourth-order valence-electron chi connectivity index (χ4n) is 3.89. The van der Waals surface area contributed by atoms with E-state index in [2.05, 4.69) is 36.3 Å². The minimum absolute atomic E-state index is 0.100. The molecule has 0 aromatic carbocycles. The number of likely N-dealkylation sites (tertiary alicyclic amines) is 1. The van der Waals surface area contributed by atoms with Gasteiger partial charge < -0.3 is 25.8 Å². The predicted octanol–water partition coefficient (Wildman–Crippen LogP) is 1.74. The van der Waals surface area contributed by atoms with Crippen LogP contribution in [0.4, 0.5) is 23.4 Å². The van der Waals surface area contributed by atoms with Crippen LogP contribution < -0.4 is 15.8 Å². The molecule has 3 aromatic rings. The van der Waals surface area contributed by atoms with E-state index in [1.54, 1.807) is 6.07 Å². The first kappa shape index (κ1) is 26.5. The molecule has 1 aliphatic rings. The van der Waals surface area contributed by atoms with Crippen molar-refractivity contribution in [2.24, 2.45) is 0 Å². The highest BCUT2D eigenvalue weighted by Crippen LogP contribution is 2.34. The molecule has 0 aliphatic carbocycles. The third-order valence-electron chi connectivity index (χ3n) is 5.94. The maximum atomic E-state index is 14.6. The van der Waals surface area contributed by atoms with Crippen molar-refractivity contribution in [2.45, 2.75) is 30.9 Å². The number of nitrogens with zero attached hydrogens (tertiary/aromatic N) is 5. The van der Waals surface area contributed by atoms with E-state index in [4.69, 9.17) is 10.5 Å². The number of carbonyl (C=O) groups excluding carboxylic acids is 2. The Morgan fingerprint density at radius 2 is 1.97 bits per heavy atom. The molecule has 16 heteroatoms. The van der Waals surface area contributed by atoms with Gasteiger partial charge in [0.2, 0.25) is 11.5 Å². The average Bonchev–Trinajstić information content (AvgIpc) is 3.37. The molecule has 0 bridgehead atoms. The van der Waals surface area contributed by atoms with Gasteiger partial charge in [0.05, 0.1) is 25.4 Å². The zero-order valence-corrected chi connectivity index (χ0v) is 20.8. The van der Waals surface area contributed by atoms with E-state index >= 15 is 0 Å². The summed E-state index contributed by atoms with van der Waals surface area (Å²) in [6.45, 7) is -1.03. The first-order chi connectivity index (χ1) is 17.3. The van der Waals surface area contributed by atoms with Crippen LogP contribution in [0.15, 0.2) is 29.1 Å². The molecule has 0 spiro atoms. The number of nitrogens with one attached hydrogen (secondary N) is 1. The zero-order chi connectivity index (χ0) is 27.3. The van der Waals surface area contributed by atoms with Crippen molar-refractivity contribution in [1.29, 1.82) is 0 Å². The van der Waals surface area contributed by atoms with Gasteiger partial charge in [-0.1, -0.05) is 0 Å². The van der Waals surface area contributed by atoms with Crippen LogP contribution in [0.1, 0.15) is 17.3 Å². The third-order valence-corrected chi connectivity index (χ3v) is 6.55. The van der Waals surface area contributed by atoms with Gasteiger partial charge in [-0.15, -0.1) is 0 Å². The Balaban J connectivity index is 1.60. The van der Waals surface area contributed by atoms with Gasteiger partial charge in [0.25, 0.3) is 11.8 Å². The van der Waals surface area contributed by atoms with E-state index in [0.717, 1.165) is 0 Å². The van der Waals surface area contributed by atoms with Gasteiger partial charge in [-0.3, -0.25) is 9.59 Å². The van der Waals surface area contributed by atoms with E-state index in [-0.39, 0.29) is 17.3 Å². The van der Waals surface area contributed by atoms with Crippen LogP contribution in [0.5, 0.6) is 5.88 Å². The van der Waals surface area contributed by atoms with Crippen molar-refractivity contribution in [1.82, 2.24) is 29.8 Å². The number of rotatable bonds is 5. The number of amides is 2. The Morgan fingerprint density at radius 3 is 2.62 bits per heavy atom. The Hall–Kier alpha value is -3.53. The Labute approximate surface area is 214 Å². The number of anilines is 1. The molecule has 11 nitrogen and oxygen atoms in total. The Bertz CT molecular complexity index is 1380. The SMILES string of the molecule is COc1ncc(-c2cc(Br)c3c(N)ncnn23)cc1C(=O)N[C@@H]1CN(C(=O)C(C)(O)C(F)(F)F)C[C@@H]1F. The van der Waals surface area contributed by atoms with Crippen LogP contribution in [0.2, 0.25) is 0 Å². The Morgan fingerprint density at radius 1 is 1.27 bits per heavy atom. The number of pyridine rings is 1. The maximum absolute atomic E-state index is 14.6. The summed E-state index contributed by atoms with van der Waals surface area (Å²) in [6.07, 6.45) is -4.49. The molecule has 1 fully saturated rings. The number of carbonyl (C=O) groups is 2.